The van der Waals surface area contributed by atoms with Crippen molar-refractivity contribution in [2.45, 2.75) is 13.0 Å². The van der Waals surface area contributed by atoms with Crippen LogP contribution in [-0.4, -0.2) is 32.8 Å². The molecule has 0 bridgehead atoms. The predicted octanol–water partition coefficient (Wildman–Crippen LogP) is 1.63. The monoisotopic (exact) mass is 258 g/mol. The van der Waals surface area contributed by atoms with Gasteiger partial charge < -0.3 is 4.74 Å². The molecule has 2 rings (SSSR count). The molecule has 0 aliphatic heterocycles. The van der Waals surface area contributed by atoms with Crippen molar-refractivity contribution in [3.63, 3.8) is 0 Å². The van der Waals surface area contributed by atoms with Gasteiger partial charge in [0.15, 0.2) is 0 Å². The average molecular weight is 258 g/mol. The molecule has 2 aromatic rings. The Morgan fingerprint density at radius 3 is 2.84 bits per heavy atom. The van der Waals surface area contributed by atoms with Crippen LogP contribution in [0.2, 0.25) is 0 Å². The molecule has 1 heterocycles. The first-order valence-corrected chi connectivity index (χ1v) is 5.90. The van der Waals surface area contributed by atoms with Crippen LogP contribution >= 0.6 is 0 Å². The zero-order valence-electron chi connectivity index (χ0n) is 10.6. The Bertz CT molecular complexity index is 565. The normalized spacial score (nSPS) is 11.8. The largest absolute Gasteiger partial charge is 0.460 e. The van der Waals surface area contributed by atoms with E-state index < -0.39 is 5.97 Å². The topological polar surface area (TPSA) is 69.9 Å². The first-order valence-electron chi connectivity index (χ1n) is 5.90. The Morgan fingerprint density at radius 2 is 2.21 bits per heavy atom. The van der Waals surface area contributed by atoms with E-state index in [4.69, 9.17) is 4.74 Å². The summed E-state index contributed by atoms with van der Waals surface area (Å²) in [5, 5.41) is 11.6. The van der Waals surface area contributed by atoms with Gasteiger partial charge in [0.2, 0.25) is 0 Å². The maximum absolute atomic E-state index is 11.5. The molecule has 0 N–H and O–H groups in total. The Balaban J connectivity index is 2.26. The molecule has 0 amide bonds. The molecule has 98 valence electrons. The molecular formula is C13H14N4O2. The smallest absolute Gasteiger partial charge is 0.380 e. The van der Waals surface area contributed by atoms with E-state index in [1.165, 1.54) is 4.80 Å². The molecule has 1 unspecified atom stereocenters. The van der Waals surface area contributed by atoms with Crippen LogP contribution in [0.25, 0.3) is 0 Å². The third-order valence-electron chi connectivity index (χ3n) is 2.50. The van der Waals surface area contributed by atoms with Crippen LogP contribution in [0, 0.1) is 0 Å². The van der Waals surface area contributed by atoms with E-state index in [-0.39, 0.29) is 18.5 Å². The lowest BCUT2D eigenvalue weighted by Gasteiger charge is -2.10. The molecule has 6 nitrogen and oxygen atoms in total. The summed E-state index contributed by atoms with van der Waals surface area (Å²) >= 11 is 0. The molecule has 0 spiro atoms. The molecule has 1 aromatic carbocycles. The fraction of sp³-hybridized carbons (Fsp3) is 0.231. The standard InChI is InChI=1S/C13H14N4O2/c1-3-11(10-8-6-5-7-9-10)17-15-12(14-16-17)13(18)19-4-2/h3,5-9,11H,1,4H2,2H3. The summed E-state index contributed by atoms with van der Waals surface area (Å²) in [6.07, 6.45) is 1.69. The van der Waals surface area contributed by atoms with Gasteiger partial charge in [-0.1, -0.05) is 36.4 Å². The number of nitrogens with zero attached hydrogens (tertiary/aromatic N) is 4. The highest BCUT2D eigenvalue weighted by molar-refractivity contribution is 5.84. The minimum absolute atomic E-state index is 0.0513. The molecule has 1 atom stereocenters. The molecule has 6 heteroatoms. The summed E-state index contributed by atoms with van der Waals surface area (Å²) in [6.45, 7) is 5.76. The highest BCUT2D eigenvalue weighted by Gasteiger charge is 2.18. The number of ether oxygens (including phenoxy) is 1. The first kappa shape index (κ1) is 12.9. The molecule has 1 aromatic heterocycles. The summed E-state index contributed by atoms with van der Waals surface area (Å²) in [4.78, 5) is 12.8. The first-order chi connectivity index (χ1) is 9.26. The van der Waals surface area contributed by atoms with Crippen LogP contribution in [0.15, 0.2) is 43.0 Å². The van der Waals surface area contributed by atoms with Gasteiger partial charge in [0.05, 0.1) is 6.61 Å². The fourth-order valence-electron chi connectivity index (χ4n) is 1.63. The summed E-state index contributed by atoms with van der Waals surface area (Å²) in [5.41, 5.74) is 0.963. The highest BCUT2D eigenvalue weighted by atomic mass is 16.5. The van der Waals surface area contributed by atoms with Crippen LogP contribution in [0.3, 0.4) is 0 Å². The van der Waals surface area contributed by atoms with Gasteiger partial charge in [-0.25, -0.2) is 4.79 Å². The van der Waals surface area contributed by atoms with Crippen LogP contribution in [0.5, 0.6) is 0 Å². The van der Waals surface area contributed by atoms with Gasteiger partial charge in [-0.15, -0.1) is 16.8 Å². The number of esters is 1. The molecule has 0 fully saturated rings. The van der Waals surface area contributed by atoms with Gasteiger partial charge in [-0.3, -0.25) is 0 Å². The van der Waals surface area contributed by atoms with Crippen LogP contribution in [0.4, 0.5) is 0 Å². The number of carbonyl (C=O) groups is 1. The Labute approximate surface area is 110 Å². The summed E-state index contributed by atoms with van der Waals surface area (Å²) in [5.74, 6) is -0.630. The van der Waals surface area contributed by atoms with Gasteiger partial charge in [-0.2, -0.15) is 4.80 Å². The van der Waals surface area contributed by atoms with E-state index in [9.17, 15) is 4.79 Å². The maximum Gasteiger partial charge on any atom is 0.380 e. The van der Waals surface area contributed by atoms with Crippen molar-refractivity contribution in [3.8, 4) is 0 Å². The van der Waals surface area contributed by atoms with Crippen molar-refractivity contribution in [3.05, 3.63) is 54.4 Å². The van der Waals surface area contributed by atoms with E-state index in [2.05, 4.69) is 22.0 Å². The number of rotatable bonds is 5. The second-order valence-corrected chi connectivity index (χ2v) is 3.75. The third-order valence-corrected chi connectivity index (χ3v) is 2.50. The van der Waals surface area contributed by atoms with Gasteiger partial charge in [0.1, 0.15) is 6.04 Å². The molecule has 0 aliphatic carbocycles. The minimum atomic E-state index is -0.579. The second-order valence-electron chi connectivity index (χ2n) is 3.75. The number of carbonyl (C=O) groups excluding carboxylic acids is 1. The van der Waals surface area contributed by atoms with Gasteiger partial charge in [0, 0.05) is 0 Å². The predicted molar refractivity (Wildman–Crippen MR) is 68.6 cm³/mol. The lowest BCUT2D eigenvalue weighted by atomic mass is 10.1. The zero-order chi connectivity index (χ0) is 13.7. The molecule has 19 heavy (non-hydrogen) atoms. The van der Waals surface area contributed by atoms with Gasteiger partial charge in [-0.05, 0) is 17.7 Å². The molecular weight excluding hydrogens is 244 g/mol. The quantitative estimate of drug-likeness (QED) is 0.602. The number of hydrogen-bond acceptors (Lipinski definition) is 5. The second kappa shape index (κ2) is 5.90. The third kappa shape index (κ3) is 2.85. The molecule has 0 radical (unpaired) electrons. The number of allylic oxidation sites excluding steroid dienone is 1. The fourth-order valence-corrected chi connectivity index (χ4v) is 1.63. The minimum Gasteiger partial charge on any atom is -0.460 e. The van der Waals surface area contributed by atoms with Crippen molar-refractivity contribution >= 4 is 5.97 Å². The van der Waals surface area contributed by atoms with Crippen LogP contribution in [0.1, 0.15) is 29.1 Å². The van der Waals surface area contributed by atoms with E-state index >= 15 is 0 Å². The van der Waals surface area contributed by atoms with Crippen molar-refractivity contribution in [2.75, 3.05) is 6.61 Å². The number of aromatic nitrogens is 4. The van der Waals surface area contributed by atoms with Crippen molar-refractivity contribution in [1.29, 1.82) is 0 Å². The lowest BCUT2D eigenvalue weighted by Crippen LogP contribution is -2.13. The van der Waals surface area contributed by atoms with E-state index in [1.54, 1.807) is 13.0 Å². The lowest BCUT2D eigenvalue weighted by molar-refractivity contribution is 0.0511. The van der Waals surface area contributed by atoms with Crippen molar-refractivity contribution in [1.82, 2.24) is 20.2 Å². The molecule has 0 saturated heterocycles. The number of tetrazole rings is 1. The van der Waals surface area contributed by atoms with Crippen LogP contribution < -0.4 is 0 Å². The number of hydrogen-bond donors (Lipinski definition) is 0. The highest BCUT2D eigenvalue weighted by Crippen LogP contribution is 2.16. The Hall–Kier alpha value is -2.50. The SMILES string of the molecule is C=CC(c1ccccc1)n1nnc(C(=O)OCC)n1. The molecule has 0 aliphatic rings. The van der Waals surface area contributed by atoms with E-state index in [0.29, 0.717) is 0 Å². The van der Waals surface area contributed by atoms with E-state index in [1.807, 2.05) is 30.3 Å². The van der Waals surface area contributed by atoms with Gasteiger partial charge in [0.25, 0.3) is 5.82 Å². The Kier molecular flexibility index (Phi) is 4.02. The molecule has 0 saturated carbocycles. The zero-order valence-corrected chi connectivity index (χ0v) is 10.6. The van der Waals surface area contributed by atoms with E-state index in [0.717, 1.165) is 5.56 Å². The number of benzene rings is 1. The van der Waals surface area contributed by atoms with Crippen molar-refractivity contribution in [2.24, 2.45) is 0 Å². The summed E-state index contributed by atoms with van der Waals surface area (Å²) in [7, 11) is 0. The van der Waals surface area contributed by atoms with Crippen LogP contribution in [-0.2, 0) is 4.74 Å². The summed E-state index contributed by atoms with van der Waals surface area (Å²) < 4.78 is 4.82. The average Bonchev–Trinajstić information content (AvgIpc) is 2.91. The Morgan fingerprint density at radius 1 is 1.47 bits per heavy atom. The maximum atomic E-state index is 11.5. The summed E-state index contributed by atoms with van der Waals surface area (Å²) in [6, 6.07) is 9.34. The van der Waals surface area contributed by atoms with Crippen molar-refractivity contribution < 1.29 is 9.53 Å². The van der Waals surface area contributed by atoms with Gasteiger partial charge >= 0.3 is 5.97 Å².